The molecular weight excluding hydrogens is 584 g/mol. The molecule has 0 radical (unpaired) electrons. The lowest BCUT2D eigenvalue weighted by atomic mass is 9.86. The Hall–Kier alpha value is -4.82. The number of hydrogen-bond donors (Lipinski definition) is 3. The topological polar surface area (TPSA) is 138 Å². The second kappa shape index (κ2) is 20.3. The third-order valence-electron chi connectivity index (χ3n) is 7.23. The number of methoxy groups -OCH3 is 1. The van der Waals surface area contributed by atoms with Gasteiger partial charge in [0.25, 0.3) is 0 Å². The summed E-state index contributed by atoms with van der Waals surface area (Å²) in [6.45, 7) is 14.3. The predicted molar refractivity (Wildman–Crippen MR) is 181 cm³/mol. The highest BCUT2D eigenvalue weighted by Gasteiger charge is 2.12. The number of ketones is 1. The van der Waals surface area contributed by atoms with Crippen LogP contribution in [0.4, 0.5) is 0 Å². The average molecular weight is 631 g/mol. The minimum Gasteiger partial charge on any atom is -0.478 e. The minimum atomic E-state index is -1.06. The van der Waals surface area contributed by atoms with E-state index in [-0.39, 0.29) is 16.9 Å². The Morgan fingerprint density at radius 3 is 1.61 bits per heavy atom. The van der Waals surface area contributed by atoms with Gasteiger partial charge >= 0.3 is 17.9 Å². The SMILES string of the molecule is C=C(C)C1CC=C(C)CC1.COC(=O)c1ccc(C(=O)CO)cc1.Cc1ccc(C(C)C)cc1.O=C(O)c1ccc(C(=O)O)cc1. The van der Waals surface area contributed by atoms with Gasteiger partial charge < -0.3 is 20.1 Å². The van der Waals surface area contributed by atoms with Crippen LogP contribution in [0.5, 0.6) is 0 Å². The predicted octanol–water partition coefficient (Wildman–Crippen LogP) is 8.16. The van der Waals surface area contributed by atoms with Crippen molar-refractivity contribution in [2.24, 2.45) is 5.92 Å². The highest BCUT2D eigenvalue weighted by Crippen LogP contribution is 2.27. The third kappa shape index (κ3) is 14.3. The third-order valence-corrected chi connectivity index (χ3v) is 7.23. The molecule has 1 unspecified atom stereocenters. The largest absolute Gasteiger partial charge is 0.478 e. The Kier molecular flexibility index (Phi) is 17.3. The molecule has 3 N–H and O–H groups in total. The van der Waals surface area contributed by atoms with Crippen molar-refractivity contribution in [1.29, 1.82) is 0 Å². The highest BCUT2D eigenvalue weighted by atomic mass is 16.5. The molecule has 0 bridgehead atoms. The number of aryl methyl sites for hydroxylation is 1. The molecule has 3 aromatic rings. The maximum atomic E-state index is 11.0. The molecule has 0 heterocycles. The molecule has 0 saturated carbocycles. The molecule has 1 aliphatic carbocycles. The average Bonchev–Trinajstić information content (AvgIpc) is 3.05. The van der Waals surface area contributed by atoms with Crippen LogP contribution in [0.2, 0.25) is 0 Å². The molecule has 0 aromatic heterocycles. The van der Waals surface area contributed by atoms with E-state index in [1.807, 2.05) is 0 Å². The van der Waals surface area contributed by atoms with E-state index in [0.717, 1.165) is 5.92 Å². The zero-order valence-electron chi connectivity index (χ0n) is 27.6. The van der Waals surface area contributed by atoms with Crippen LogP contribution in [0.3, 0.4) is 0 Å². The summed E-state index contributed by atoms with van der Waals surface area (Å²) in [4.78, 5) is 42.7. The molecule has 1 aliphatic rings. The summed E-state index contributed by atoms with van der Waals surface area (Å²) in [5, 5.41) is 25.5. The van der Waals surface area contributed by atoms with Crippen molar-refractivity contribution in [3.05, 3.63) is 130 Å². The number of ether oxygens (including phenoxy) is 1. The van der Waals surface area contributed by atoms with Gasteiger partial charge in [0.2, 0.25) is 0 Å². The Morgan fingerprint density at radius 1 is 0.804 bits per heavy atom. The van der Waals surface area contributed by atoms with Gasteiger partial charge in [-0.3, -0.25) is 4.79 Å². The first-order chi connectivity index (χ1) is 21.7. The number of benzene rings is 3. The Bertz CT molecular complexity index is 1400. The summed E-state index contributed by atoms with van der Waals surface area (Å²) in [6, 6.07) is 19.7. The van der Waals surface area contributed by atoms with Crippen molar-refractivity contribution in [1.82, 2.24) is 0 Å². The molecule has 0 amide bonds. The van der Waals surface area contributed by atoms with E-state index in [0.29, 0.717) is 17.0 Å². The summed E-state index contributed by atoms with van der Waals surface area (Å²) in [6.07, 6.45) is 6.17. The van der Waals surface area contributed by atoms with Gasteiger partial charge in [0, 0.05) is 5.56 Å². The number of aromatic carboxylic acids is 2. The summed E-state index contributed by atoms with van der Waals surface area (Å²) in [7, 11) is 1.29. The lowest BCUT2D eigenvalue weighted by molar-refractivity contribution is 0.0598. The number of allylic oxidation sites excluding steroid dienone is 3. The van der Waals surface area contributed by atoms with Crippen LogP contribution >= 0.6 is 0 Å². The summed E-state index contributed by atoms with van der Waals surface area (Å²) >= 11 is 0. The van der Waals surface area contributed by atoms with Gasteiger partial charge in [-0.05, 0) is 93.8 Å². The zero-order chi connectivity index (χ0) is 34.8. The molecular formula is C38H46O8. The van der Waals surface area contributed by atoms with E-state index in [1.54, 1.807) is 5.57 Å². The van der Waals surface area contributed by atoms with Crippen LogP contribution in [-0.4, -0.2) is 52.7 Å². The first kappa shape index (κ1) is 39.2. The fourth-order valence-electron chi connectivity index (χ4n) is 4.12. The monoisotopic (exact) mass is 630 g/mol. The summed E-state index contributed by atoms with van der Waals surface area (Å²) in [5.41, 5.74) is 6.58. The normalized spacial score (nSPS) is 13.2. The Morgan fingerprint density at radius 2 is 1.26 bits per heavy atom. The Labute approximate surface area is 272 Å². The molecule has 0 saturated heterocycles. The lowest BCUT2D eigenvalue weighted by Crippen LogP contribution is -2.06. The van der Waals surface area contributed by atoms with Crippen LogP contribution in [0, 0.1) is 12.8 Å². The van der Waals surface area contributed by atoms with E-state index < -0.39 is 24.5 Å². The van der Waals surface area contributed by atoms with E-state index in [2.05, 4.69) is 76.3 Å². The summed E-state index contributed by atoms with van der Waals surface area (Å²) in [5.74, 6) is -1.53. The van der Waals surface area contributed by atoms with Crippen molar-refractivity contribution < 1.29 is 39.2 Å². The van der Waals surface area contributed by atoms with Gasteiger partial charge in [0.05, 0.1) is 23.8 Å². The Balaban J connectivity index is 0.000000310. The smallest absolute Gasteiger partial charge is 0.337 e. The molecule has 246 valence electrons. The molecule has 0 spiro atoms. The van der Waals surface area contributed by atoms with E-state index in [1.165, 1.54) is 91.6 Å². The molecule has 8 heteroatoms. The van der Waals surface area contributed by atoms with Gasteiger partial charge in [-0.1, -0.05) is 79.6 Å². The van der Waals surface area contributed by atoms with Gasteiger partial charge in [0.15, 0.2) is 5.78 Å². The number of carbonyl (C=O) groups is 4. The first-order valence-electron chi connectivity index (χ1n) is 15.0. The standard InChI is InChI=1S/C10H10O4.C10H16.C10H14.C8H6O4/c1-14-10(13)8-4-2-7(3-5-8)9(12)6-11;2*1-8(2)10-6-4-9(3)5-7-10;9-7(10)5-1-2-6(4-3-5)8(11)12/h2-5,11H,6H2,1H3;4,10H,1,5-7H2,2-3H3;4-8H,1-3H3;1-4H,(H,9,10)(H,11,12). The second-order valence-electron chi connectivity index (χ2n) is 11.3. The van der Waals surface area contributed by atoms with Gasteiger partial charge in [-0.2, -0.15) is 0 Å². The van der Waals surface area contributed by atoms with Crippen LogP contribution in [0.15, 0.2) is 96.6 Å². The number of esters is 1. The van der Waals surface area contributed by atoms with Crippen LogP contribution < -0.4 is 0 Å². The number of carboxylic acid groups (broad SMARTS) is 2. The number of carbonyl (C=O) groups excluding carboxylic acids is 2. The number of rotatable bonds is 7. The number of aliphatic hydroxyl groups is 1. The molecule has 0 aliphatic heterocycles. The molecule has 4 rings (SSSR count). The van der Waals surface area contributed by atoms with Crippen molar-refractivity contribution in [2.75, 3.05) is 13.7 Å². The molecule has 8 nitrogen and oxygen atoms in total. The van der Waals surface area contributed by atoms with E-state index in [4.69, 9.17) is 15.3 Å². The van der Waals surface area contributed by atoms with Crippen LogP contribution in [0.1, 0.15) is 105 Å². The highest BCUT2D eigenvalue weighted by molar-refractivity contribution is 5.98. The van der Waals surface area contributed by atoms with Gasteiger partial charge in [-0.25, -0.2) is 14.4 Å². The number of carboxylic acids is 2. The summed E-state index contributed by atoms with van der Waals surface area (Å²) < 4.78 is 4.49. The fraction of sp³-hybridized carbons (Fsp3) is 0.316. The minimum absolute atomic E-state index is 0.0833. The molecule has 1 atom stereocenters. The van der Waals surface area contributed by atoms with Crippen molar-refractivity contribution in [3.63, 3.8) is 0 Å². The maximum absolute atomic E-state index is 11.0. The first-order valence-corrected chi connectivity index (χ1v) is 15.0. The molecule has 46 heavy (non-hydrogen) atoms. The second-order valence-corrected chi connectivity index (χ2v) is 11.3. The van der Waals surface area contributed by atoms with Crippen molar-refractivity contribution >= 4 is 23.7 Å². The van der Waals surface area contributed by atoms with Crippen molar-refractivity contribution in [3.8, 4) is 0 Å². The number of Topliss-reactive ketones (excluding diaryl/α,β-unsaturated/α-hetero) is 1. The lowest BCUT2D eigenvalue weighted by Gasteiger charge is -2.19. The molecule has 0 fully saturated rings. The maximum Gasteiger partial charge on any atom is 0.337 e. The van der Waals surface area contributed by atoms with E-state index >= 15 is 0 Å². The number of hydrogen-bond acceptors (Lipinski definition) is 6. The van der Waals surface area contributed by atoms with Gasteiger partial charge in [0.1, 0.15) is 6.61 Å². The molecule has 3 aromatic carbocycles. The number of aliphatic hydroxyl groups excluding tert-OH is 1. The quantitative estimate of drug-likeness (QED) is 0.135. The zero-order valence-corrected chi connectivity index (χ0v) is 27.6. The van der Waals surface area contributed by atoms with Crippen LogP contribution in [0.25, 0.3) is 0 Å². The van der Waals surface area contributed by atoms with Crippen molar-refractivity contribution in [2.45, 2.75) is 59.8 Å². The van der Waals surface area contributed by atoms with Gasteiger partial charge in [-0.15, -0.1) is 0 Å². The van der Waals surface area contributed by atoms with E-state index in [9.17, 15) is 19.2 Å². The fourth-order valence-corrected chi connectivity index (χ4v) is 4.12. The van der Waals surface area contributed by atoms with Crippen LogP contribution in [-0.2, 0) is 4.74 Å².